The van der Waals surface area contributed by atoms with Crippen LogP contribution in [0.15, 0.2) is 33.9 Å². The van der Waals surface area contributed by atoms with Crippen LogP contribution in [0.5, 0.6) is 0 Å². The Balaban J connectivity index is 2.00. The molecule has 146 valence electrons. The topological polar surface area (TPSA) is 82.1 Å². The number of Topliss-reactive ketones (excluding diaryl/α,β-unsaturated/α-hetero) is 1. The summed E-state index contributed by atoms with van der Waals surface area (Å²) in [6.07, 6.45) is 0. The van der Waals surface area contributed by atoms with Crippen LogP contribution in [0.1, 0.15) is 13.8 Å². The molecule has 1 aromatic carbocycles. The normalized spacial score (nSPS) is 16.4. The molecule has 0 amide bonds. The molecule has 3 heterocycles. The third-order valence-corrected chi connectivity index (χ3v) is 5.21. The largest absolute Gasteiger partial charge is 0.332 e. The number of benzene rings is 1. The molecular weight excluding hydrogens is 382 g/mol. The molecular formula is C19H20ClN5O3. The summed E-state index contributed by atoms with van der Waals surface area (Å²) in [6, 6.07) is 7.41. The van der Waals surface area contributed by atoms with E-state index in [2.05, 4.69) is 11.9 Å². The average molecular weight is 402 g/mol. The lowest BCUT2D eigenvalue weighted by atomic mass is 10.1. The van der Waals surface area contributed by atoms with Gasteiger partial charge in [0.25, 0.3) is 5.56 Å². The molecule has 1 aliphatic rings. The van der Waals surface area contributed by atoms with Gasteiger partial charge in [0, 0.05) is 30.8 Å². The molecule has 0 fully saturated rings. The molecule has 2 aromatic heterocycles. The van der Waals surface area contributed by atoms with Crippen LogP contribution in [0.3, 0.4) is 0 Å². The number of hydrogen-bond donors (Lipinski definition) is 0. The van der Waals surface area contributed by atoms with Crippen molar-refractivity contribution in [2.75, 3.05) is 11.4 Å². The predicted molar refractivity (Wildman–Crippen MR) is 108 cm³/mol. The third-order valence-electron chi connectivity index (χ3n) is 4.96. The highest BCUT2D eigenvalue weighted by molar-refractivity contribution is 6.30. The second-order valence-electron chi connectivity index (χ2n) is 7.32. The zero-order valence-electron chi connectivity index (χ0n) is 15.8. The minimum absolute atomic E-state index is 0.249. The molecule has 3 aromatic rings. The number of anilines is 2. The van der Waals surface area contributed by atoms with Crippen LogP contribution >= 0.6 is 11.6 Å². The van der Waals surface area contributed by atoms with Crippen molar-refractivity contribution in [1.82, 2.24) is 18.7 Å². The first kappa shape index (κ1) is 18.5. The van der Waals surface area contributed by atoms with Crippen LogP contribution in [0.25, 0.3) is 11.2 Å². The van der Waals surface area contributed by atoms with Gasteiger partial charge in [-0.1, -0.05) is 18.5 Å². The fraction of sp³-hybridized carbons (Fsp3) is 0.368. The molecule has 8 nitrogen and oxygen atoms in total. The zero-order valence-corrected chi connectivity index (χ0v) is 16.6. The van der Waals surface area contributed by atoms with E-state index in [0.717, 1.165) is 16.8 Å². The Hall–Kier alpha value is -2.87. The highest BCUT2D eigenvalue weighted by Gasteiger charge is 2.29. The van der Waals surface area contributed by atoms with E-state index in [1.165, 1.54) is 11.5 Å². The number of fused-ring (bicyclic) bond motifs is 3. The Bertz CT molecular complexity index is 1210. The molecule has 0 aliphatic carbocycles. The number of hydrogen-bond acceptors (Lipinski definition) is 5. The summed E-state index contributed by atoms with van der Waals surface area (Å²) in [5.41, 5.74) is 0.523. The maximum atomic E-state index is 13.1. The number of ketones is 1. The van der Waals surface area contributed by atoms with Crippen LogP contribution < -0.4 is 16.1 Å². The van der Waals surface area contributed by atoms with Crippen molar-refractivity contribution in [1.29, 1.82) is 0 Å². The summed E-state index contributed by atoms with van der Waals surface area (Å²) in [5.74, 6) is 0.592. The summed E-state index contributed by atoms with van der Waals surface area (Å²) in [5, 5.41) is 0.636. The molecule has 0 N–H and O–H groups in total. The summed E-state index contributed by atoms with van der Waals surface area (Å²) >= 11 is 6.01. The number of aromatic nitrogens is 4. The van der Waals surface area contributed by atoms with Crippen molar-refractivity contribution in [2.45, 2.75) is 26.9 Å². The van der Waals surface area contributed by atoms with Crippen LogP contribution in [-0.4, -0.2) is 31.0 Å². The summed E-state index contributed by atoms with van der Waals surface area (Å²) in [7, 11) is 1.57. The Morgan fingerprint density at radius 2 is 1.89 bits per heavy atom. The number of rotatable bonds is 3. The monoisotopic (exact) mass is 401 g/mol. The fourth-order valence-electron chi connectivity index (χ4n) is 3.71. The van der Waals surface area contributed by atoms with Gasteiger partial charge in [0.05, 0.1) is 6.54 Å². The SMILES string of the molecule is CC(=O)Cn1c(=O)c2c(nc3n2CC(C)CN3c2ccc(Cl)cc2)n(C)c1=O. The molecule has 1 unspecified atom stereocenters. The molecule has 4 rings (SSSR count). The van der Waals surface area contributed by atoms with Crippen LogP contribution in [0.2, 0.25) is 5.02 Å². The Kier molecular flexibility index (Phi) is 4.38. The molecule has 1 aliphatic heterocycles. The molecule has 0 saturated carbocycles. The van der Waals surface area contributed by atoms with Gasteiger partial charge in [-0.25, -0.2) is 4.79 Å². The summed E-state index contributed by atoms with van der Waals surface area (Å²) in [6.45, 7) is 4.52. The molecule has 0 spiro atoms. The highest BCUT2D eigenvalue weighted by Crippen LogP contribution is 2.33. The lowest BCUT2D eigenvalue weighted by Crippen LogP contribution is -2.41. The Morgan fingerprint density at radius 3 is 2.54 bits per heavy atom. The van der Waals surface area contributed by atoms with Gasteiger partial charge in [-0.05, 0) is 37.1 Å². The Labute approximate surface area is 165 Å². The number of carbonyl (C=O) groups excluding carboxylic acids is 1. The molecule has 1 atom stereocenters. The first-order valence-corrected chi connectivity index (χ1v) is 9.38. The van der Waals surface area contributed by atoms with Gasteiger partial charge in [-0.3, -0.25) is 18.7 Å². The molecule has 28 heavy (non-hydrogen) atoms. The van der Waals surface area contributed by atoms with E-state index in [-0.39, 0.29) is 18.2 Å². The standard InChI is InChI=1S/C19H20ClN5O3/c1-11-8-23(14-6-4-13(20)5-7-14)18-21-16-15(24(18)9-11)17(27)25(10-12(2)26)19(28)22(16)3/h4-7,11H,8-10H2,1-3H3. The number of carbonyl (C=O) groups is 1. The van der Waals surface area contributed by atoms with E-state index >= 15 is 0 Å². The van der Waals surface area contributed by atoms with Gasteiger partial charge in [0.2, 0.25) is 5.95 Å². The third kappa shape index (κ3) is 2.84. The molecule has 0 bridgehead atoms. The van der Waals surface area contributed by atoms with Crippen molar-refractivity contribution in [3.05, 3.63) is 50.1 Å². The minimum atomic E-state index is -0.547. The average Bonchev–Trinajstić information content (AvgIpc) is 3.03. The van der Waals surface area contributed by atoms with Gasteiger partial charge in [0.1, 0.15) is 5.78 Å². The van der Waals surface area contributed by atoms with Gasteiger partial charge in [0.15, 0.2) is 11.2 Å². The fourth-order valence-corrected chi connectivity index (χ4v) is 3.83. The van der Waals surface area contributed by atoms with E-state index in [9.17, 15) is 14.4 Å². The molecule has 9 heteroatoms. The number of halogens is 1. The maximum absolute atomic E-state index is 13.1. The van der Waals surface area contributed by atoms with Crippen molar-refractivity contribution in [2.24, 2.45) is 13.0 Å². The first-order valence-electron chi connectivity index (χ1n) is 9.00. The lowest BCUT2D eigenvalue weighted by molar-refractivity contribution is -0.117. The van der Waals surface area contributed by atoms with E-state index in [0.29, 0.717) is 28.7 Å². The van der Waals surface area contributed by atoms with Crippen LogP contribution in [0, 0.1) is 5.92 Å². The Morgan fingerprint density at radius 1 is 1.21 bits per heavy atom. The van der Waals surface area contributed by atoms with E-state index in [4.69, 9.17) is 11.6 Å². The summed E-state index contributed by atoms with van der Waals surface area (Å²) in [4.78, 5) is 43.9. The quantitative estimate of drug-likeness (QED) is 0.669. The maximum Gasteiger partial charge on any atom is 0.332 e. The molecule has 0 saturated heterocycles. The van der Waals surface area contributed by atoms with E-state index < -0.39 is 11.2 Å². The zero-order chi connectivity index (χ0) is 20.2. The van der Waals surface area contributed by atoms with Crippen molar-refractivity contribution in [3.8, 4) is 0 Å². The molecule has 0 radical (unpaired) electrons. The van der Waals surface area contributed by atoms with Crippen molar-refractivity contribution >= 4 is 40.2 Å². The second-order valence-corrected chi connectivity index (χ2v) is 7.76. The predicted octanol–water partition coefficient (Wildman–Crippen LogP) is 1.93. The summed E-state index contributed by atoms with van der Waals surface area (Å²) < 4.78 is 4.15. The van der Waals surface area contributed by atoms with Crippen molar-refractivity contribution in [3.63, 3.8) is 0 Å². The van der Waals surface area contributed by atoms with Gasteiger partial charge in [-0.2, -0.15) is 4.98 Å². The van der Waals surface area contributed by atoms with Gasteiger partial charge < -0.3 is 9.47 Å². The van der Waals surface area contributed by atoms with E-state index in [1.54, 1.807) is 19.2 Å². The van der Waals surface area contributed by atoms with E-state index in [1.807, 2.05) is 21.6 Å². The van der Waals surface area contributed by atoms with Crippen LogP contribution in [-0.2, 0) is 24.9 Å². The number of imidazole rings is 1. The lowest BCUT2D eigenvalue weighted by Gasteiger charge is -2.33. The van der Waals surface area contributed by atoms with Gasteiger partial charge >= 0.3 is 5.69 Å². The number of nitrogens with zero attached hydrogens (tertiary/aromatic N) is 5. The van der Waals surface area contributed by atoms with Crippen LogP contribution in [0.4, 0.5) is 11.6 Å². The van der Waals surface area contributed by atoms with Crippen molar-refractivity contribution < 1.29 is 4.79 Å². The highest BCUT2D eigenvalue weighted by atomic mass is 35.5. The minimum Gasteiger partial charge on any atom is -0.312 e. The van der Waals surface area contributed by atoms with Gasteiger partial charge in [-0.15, -0.1) is 0 Å². The smallest absolute Gasteiger partial charge is 0.312 e. The number of aryl methyl sites for hydroxylation is 1. The first-order chi connectivity index (χ1) is 13.3. The second kappa shape index (κ2) is 6.63.